The Balaban J connectivity index is 2.36. The van der Waals surface area contributed by atoms with E-state index in [9.17, 15) is 4.79 Å². The van der Waals surface area contributed by atoms with Gasteiger partial charge in [0, 0.05) is 6.42 Å². The summed E-state index contributed by atoms with van der Waals surface area (Å²) < 4.78 is 5.97. The maximum absolute atomic E-state index is 10.6. The highest BCUT2D eigenvalue weighted by Crippen LogP contribution is 2.31. The summed E-state index contributed by atoms with van der Waals surface area (Å²) in [5, 5.41) is 8.74. The first kappa shape index (κ1) is 14.6. The van der Waals surface area contributed by atoms with Gasteiger partial charge in [0.1, 0.15) is 16.2 Å². The van der Waals surface area contributed by atoms with E-state index in [4.69, 9.17) is 9.84 Å². The van der Waals surface area contributed by atoms with Gasteiger partial charge in [0.2, 0.25) is 0 Å². The summed E-state index contributed by atoms with van der Waals surface area (Å²) in [5.74, 6) is 0.556. The maximum atomic E-state index is 10.6. The lowest BCUT2D eigenvalue weighted by molar-refractivity contribution is -0.136. The van der Waals surface area contributed by atoms with Gasteiger partial charge in [0.25, 0.3) is 0 Å². The molecule has 2 aromatic rings. The van der Waals surface area contributed by atoms with E-state index in [1.54, 1.807) is 7.11 Å². The lowest BCUT2D eigenvalue weighted by atomic mass is 10.1. The number of methoxy groups -OCH3 is 1. The third kappa shape index (κ3) is 3.19. The molecule has 5 nitrogen and oxygen atoms in total. The minimum absolute atomic E-state index is 0.0607. The third-order valence-electron chi connectivity index (χ3n) is 2.93. The van der Waals surface area contributed by atoms with Crippen LogP contribution in [0.15, 0.2) is 22.8 Å². The van der Waals surface area contributed by atoms with Crippen LogP contribution in [0.5, 0.6) is 5.75 Å². The average Bonchev–Trinajstić information content (AvgIpc) is 2.77. The predicted octanol–water partition coefficient (Wildman–Crippen LogP) is 3.17. The van der Waals surface area contributed by atoms with E-state index in [0.717, 1.165) is 22.6 Å². The highest BCUT2D eigenvalue weighted by Gasteiger charge is 2.14. The summed E-state index contributed by atoms with van der Waals surface area (Å²) in [4.78, 5) is 18.2. The Morgan fingerprint density at radius 2 is 2.25 bits per heavy atom. The molecule has 0 unspecified atom stereocenters. The number of carboxylic acids is 1. The fourth-order valence-electron chi connectivity index (χ4n) is 1.92. The quantitative estimate of drug-likeness (QED) is 0.877. The predicted molar refractivity (Wildman–Crippen MR) is 79.0 cm³/mol. The number of nitrogens with zero attached hydrogens (tertiary/aromatic N) is 1. The van der Waals surface area contributed by atoms with Crippen LogP contribution in [0.3, 0.4) is 0 Å². The van der Waals surface area contributed by atoms with Gasteiger partial charge in [-0.3, -0.25) is 4.79 Å². The third-order valence-corrected chi connectivity index (χ3v) is 3.58. The molecule has 0 bridgehead atoms. The minimum Gasteiger partial charge on any atom is -0.496 e. The number of carboxylic acid groups (broad SMARTS) is 1. The molecule has 0 aliphatic carbocycles. The second-order valence-electron chi connectivity index (χ2n) is 4.45. The molecule has 106 valence electrons. The Bertz CT molecular complexity index is 637. The molecule has 1 aromatic carbocycles. The number of carbonyl (C=O) groups is 1. The van der Waals surface area contributed by atoms with Crippen LogP contribution in [-0.2, 0) is 11.2 Å². The summed E-state index contributed by atoms with van der Waals surface area (Å²) in [5.41, 5.74) is 2.72. The first-order valence-electron chi connectivity index (χ1n) is 6.12. The Hall–Kier alpha value is -1.82. The van der Waals surface area contributed by atoms with Crippen LogP contribution >= 0.6 is 15.9 Å². The van der Waals surface area contributed by atoms with Crippen LogP contribution in [0.25, 0.3) is 11.4 Å². The van der Waals surface area contributed by atoms with E-state index in [-0.39, 0.29) is 6.42 Å². The Labute approximate surface area is 125 Å². The van der Waals surface area contributed by atoms with Crippen LogP contribution in [0.4, 0.5) is 0 Å². The zero-order valence-corrected chi connectivity index (χ0v) is 12.8. The number of aryl methyl sites for hydroxylation is 2. The molecule has 20 heavy (non-hydrogen) atoms. The van der Waals surface area contributed by atoms with Crippen molar-refractivity contribution in [2.24, 2.45) is 0 Å². The van der Waals surface area contributed by atoms with Crippen molar-refractivity contribution < 1.29 is 14.6 Å². The zero-order chi connectivity index (χ0) is 14.7. The number of benzene rings is 1. The number of rotatable bonds is 5. The van der Waals surface area contributed by atoms with Crippen molar-refractivity contribution in [1.82, 2.24) is 9.97 Å². The summed E-state index contributed by atoms with van der Waals surface area (Å²) >= 11 is 3.35. The summed E-state index contributed by atoms with van der Waals surface area (Å²) in [6.07, 6.45) is 0.461. The van der Waals surface area contributed by atoms with Crippen LogP contribution in [-0.4, -0.2) is 28.2 Å². The Morgan fingerprint density at radius 3 is 2.90 bits per heavy atom. The Kier molecular flexibility index (Phi) is 4.44. The van der Waals surface area contributed by atoms with Gasteiger partial charge in [-0.05, 0) is 35.0 Å². The van der Waals surface area contributed by atoms with Crippen LogP contribution < -0.4 is 4.74 Å². The molecule has 6 heteroatoms. The fraction of sp³-hybridized carbons (Fsp3) is 0.286. The molecule has 0 radical (unpaired) electrons. The van der Waals surface area contributed by atoms with E-state index in [2.05, 4.69) is 25.9 Å². The molecular weight excluding hydrogens is 324 g/mol. The van der Waals surface area contributed by atoms with Crippen molar-refractivity contribution >= 4 is 21.9 Å². The maximum Gasteiger partial charge on any atom is 0.303 e. The largest absolute Gasteiger partial charge is 0.496 e. The molecule has 0 saturated carbocycles. The van der Waals surface area contributed by atoms with Crippen molar-refractivity contribution in [1.29, 1.82) is 0 Å². The highest BCUT2D eigenvalue weighted by atomic mass is 79.9. The molecule has 0 spiro atoms. The molecule has 0 aliphatic rings. The van der Waals surface area contributed by atoms with Crippen LogP contribution in [0.1, 0.15) is 17.7 Å². The molecule has 2 rings (SSSR count). The van der Waals surface area contributed by atoms with Gasteiger partial charge in [-0.25, -0.2) is 4.98 Å². The average molecular weight is 339 g/mol. The second kappa shape index (κ2) is 6.09. The molecule has 1 heterocycles. The van der Waals surface area contributed by atoms with Gasteiger partial charge in [0.15, 0.2) is 0 Å². The zero-order valence-electron chi connectivity index (χ0n) is 11.2. The first-order chi connectivity index (χ1) is 9.51. The minimum atomic E-state index is -0.832. The van der Waals surface area contributed by atoms with Gasteiger partial charge < -0.3 is 14.8 Å². The first-order valence-corrected chi connectivity index (χ1v) is 6.91. The number of hydrogen-bond donors (Lipinski definition) is 2. The summed E-state index contributed by atoms with van der Waals surface area (Å²) in [7, 11) is 1.61. The number of imidazole rings is 1. The molecule has 1 aromatic heterocycles. The van der Waals surface area contributed by atoms with E-state index >= 15 is 0 Å². The van der Waals surface area contributed by atoms with Crippen LogP contribution in [0, 0.1) is 6.92 Å². The molecule has 0 saturated heterocycles. The lowest BCUT2D eigenvalue weighted by Crippen LogP contribution is -1.98. The van der Waals surface area contributed by atoms with E-state index in [1.807, 2.05) is 25.1 Å². The van der Waals surface area contributed by atoms with Gasteiger partial charge in [-0.2, -0.15) is 0 Å². The highest BCUT2D eigenvalue weighted by molar-refractivity contribution is 9.10. The van der Waals surface area contributed by atoms with E-state index < -0.39 is 5.97 Å². The van der Waals surface area contributed by atoms with Crippen molar-refractivity contribution in [2.45, 2.75) is 19.8 Å². The van der Waals surface area contributed by atoms with Gasteiger partial charge >= 0.3 is 5.97 Å². The molecule has 0 fully saturated rings. The Morgan fingerprint density at radius 1 is 1.50 bits per heavy atom. The lowest BCUT2D eigenvalue weighted by Gasteiger charge is -2.06. The van der Waals surface area contributed by atoms with Crippen molar-refractivity contribution in [3.05, 3.63) is 34.1 Å². The molecule has 0 aliphatic heterocycles. The standard InChI is InChI=1S/C14H15BrN2O3/c1-8-3-5-11(20-2)9(7-8)14-16-10(13(15)17-14)4-6-12(18)19/h3,5,7H,4,6H2,1-2H3,(H,16,17)(H,18,19). The monoisotopic (exact) mass is 338 g/mol. The summed E-state index contributed by atoms with van der Waals surface area (Å²) in [6, 6.07) is 5.83. The van der Waals surface area contributed by atoms with Crippen molar-refractivity contribution in [3.63, 3.8) is 0 Å². The number of aromatic nitrogens is 2. The van der Waals surface area contributed by atoms with Gasteiger partial charge in [-0.15, -0.1) is 0 Å². The second-order valence-corrected chi connectivity index (χ2v) is 5.20. The number of hydrogen-bond acceptors (Lipinski definition) is 3. The number of aliphatic carboxylic acids is 1. The molecule has 0 amide bonds. The molecule has 2 N–H and O–H groups in total. The number of aromatic amines is 1. The normalized spacial score (nSPS) is 10.6. The van der Waals surface area contributed by atoms with E-state index in [1.165, 1.54) is 0 Å². The van der Waals surface area contributed by atoms with E-state index in [0.29, 0.717) is 16.8 Å². The summed E-state index contributed by atoms with van der Waals surface area (Å²) in [6.45, 7) is 1.99. The van der Waals surface area contributed by atoms with Crippen LogP contribution in [0.2, 0.25) is 0 Å². The smallest absolute Gasteiger partial charge is 0.303 e. The van der Waals surface area contributed by atoms with Crippen molar-refractivity contribution in [2.75, 3.05) is 7.11 Å². The number of nitrogens with one attached hydrogen (secondary N) is 1. The number of ether oxygens (including phenoxy) is 1. The van der Waals surface area contributed by atoms with Gasteiger partial charge in [-0.1, -0.05) is 11.6 Å². The molecular formula is C14H15BrN2O3. The van der Waals surface area contributed by atoms with Gasteiger partial charge in [0.05, 0.1) is 24.8 Å². The molecule has 0 atom stereocenters. The fourth-order valence-corrected chi connectivity index (χ4v) is 2.39. The SMILES string of the molecule is COc1ccc(C)cc1-c1nc(Br)c(CCC(=O)O)[nH]1. The topological polar surface area (TPSA) is 75.2 Å². The number of halogens is 1. The number of H-pyrrole nitrogens is 1. The van der Waals surface area contributed by atoms with Crippen molar-refractivity contribution in [3.8, 4) is 17.1 Å².